The van der Waals surface area contributed by atoms with Crippen molar-refractivity contribution < 1.29 is 13.2 Å². The van der Waals surface area contributed by atoms with Gasteiger partial charge in [-0.2, -0.15) is 13.2 Å². The molecule has 0 bridgehead atoms. The number of alkyl halides is 3. The highest BCUT2D eigenvalue weighted by Crippen LogP contribution is 2.41. The summed E-state index contributed by atoms with van der Waals surface area (Å²) >= 11 is 0. The van der Waals surface area contributed by atoms with E-state index in [0.29, 0.717) is 28.1 Å². The van der Waals surface area contributed by atoms with Crippen LogP contribution in [-0.4, -0.2) is 14.8 Å². The first-order valence-electron chi connectivity index (χ1n) is 10.7. The van der Waals surface area contributed by atoms with Gasteiger partial charge in [-0.3, -0.25) is 4.57 Å². The van der Waals surface area contributed by atoms with Crippen molar-refractivity contribution in [2.24, 2.45) is 0 Å². The van der Waals surface area contributed by atoms with Crippen LogP contribution in [0, 0.1) is 6.57 Å². The van der Waals surface area contributed by atoms with Gasteiger partial charge in [-0.15, -0.1) is 10.2 Å². The predicted molar refractivity (Wildman–Crippen MR) is 129 cm³/mol. The van der Waals surface area contributed by atoms with E-state index in [1.54, 1.807) is 30.3 Å². The van der Waals surface area contributed by atoms with Crippen LogP contribution in [0.4, 0.5) is 18.9 Å². The summed E-state index contributed by atoms with van der Waals surface area (Å²) in [4.78, 5) is 3.42. The van der Waals surface area contributed by atoms with Crippen LogP contribution in [0.3, 0.4) is 0 Å². The summed E-state index contributed by atoms with van der Waals surface area (Å²) in [5.74, 6) is -1.13. The lowest BCUT2D eigenvalue weighted by Crippen LogP contribution is -2.16. The standard InChI is InChI=1S/C28H17F3N4/c1-32-22-15-8-14-21(18-22)26-33-34-27(28(29,30)31)35(26)25-23(19-10-4-2-5-11-19)16-9-17-24(25)20-12-6-3-7-13-20/h2-18H. The molecule has 170 valence electrons. The lowest BCUT2D eigenvalue weighted by atomic mass is 9.95. The fourth-order valence-electron chi connectivity index (χ4n) is 4.07. The van der Waals surface area contributed by atoms with Crippen molar-refractivity contribution in [3.8, 4) is 39.3 Å². The molecule has 1 heterocycles. The first-order valence-corrected chi connectivity index (χ1v) is 10.7. The van der Waals surface area contributed by atoms with Gasteiger partial charge in [0.1, 0.15) is 0 Å². The van der Waals surface area contributed by atoms with Crippen LogP contribution in [0.25, 0.3) is 44.2 Å². The van der Waals surface area contributed by atoms with E-state index in [2.05, 4.69) is 15.0 Å². The third-order valence-electron chi connectivity index (χ3n) is 5.58. The fourth-order valence-corrected chi connectivity index (χ4v) is 4.07. The summed E-state index contributed by atoms with van der Waals surface area (Å²) in [7, 11) is 0. The fraction of sp³-hybridized carbons (Fsp3) is 0.0357. The molecule has 0 N–H and O–H groups in total. The number of halogens is 3. The number of hydrogen-bond donors (Lipinski definition) is 0. The Balaban J connectivity index is 1.91. The molecule has 4 aromatic carbocycles. The van der Waals surface area contributed by atoms with Crippen molar-refractivity contribution in [1.29, 1.82) is 0 Å². The van der Waals surface area contributed by atoms with Crippen LogP contribution < -0.4 is 0 Å². The molecule has 0 unspecified atom stereocenters. The molecule has 0 amide bonds. The molecule has 1 aromatic heterocycles. The molecule has 0 aliphatic carbocycles. The number of nitrogens with zero attached hydrogens (tertiary/aromatic N) is 4. The third kappa shape index (κ3) is 4.18. The normalized spacial score (nSPS) is 11.3. The maximum atomic E-state index is 14.3. The molecule has 0 fully saturated rings. The van der Waals surface area contributed by atoms with E-state index in [9.17, 15) is 13.2 Å². The Morgan fingerprint density at radius 2 is 1.20 bits per heavy atom. The molecule has 0 atom stereocenters. The van der Waals surface area contributed by atoms with Crippen molar-refractivity contribution in [3.05, 3.63) is 120 Å². The minimum absolute atomic E-state index is 0.00314. The lowest BCUT2D eigenvalue weighted by molar-refractivity contribution is -0.146. The van der Waals surface area contributed by atoms with Gasteiger partial charge in [0.25, 0.3) is 0 Å². The molecule has 0 aliphatic rings. The monoisotopic (exact) mass is 466 g/mol. The Morgan fingerprint density at radius 1 is 0.657 bits per heavy atom. The molecule has 0 spiro atoms. The number of aromatic nitrogens is 3. The van der Waals surface area contributed by atoms with Gasteiger partial charge in [0, 0.05) is 16.7 Å². The molecule has 5 aromatic rings. The van der Waals surface area contributed by atoms with Gasteiger partial charge >= 0.3 is 6.18 Å². The smallest absolute Gasteiger partial charge is 0.270 e. The van der Waals surface area contributed by atoms with E-state index < -0.39 is 12.0 Å². The minimum atomic E-state index is -4.76. The van der Waals surface area contributed by atoms with Crippen LogP contribution in [0.5, 0.6) is 0 Å². The van der Waals surface area contributed by atoms with E-state index in [1.165, 1.54) is 6.07 Å². The molecule has 0 radical (unpaired) electrons. The van der Waals surface area contributed by atoms with Gasteiger partial charge in [-0.1, -0.05) is 97.1 Å². The summed E-state index contributed by atoms with van der Waals surface area (Å²) in [5, 5.41) is 7.54. The van der Waals surface area contributed by atoms with Gasteiger partial charge in [-0.25, -0.2) is 4.85 Å². The third-order valence-corrected chi connectivity index (χ3v) is 5.58. The number of para-hydroxylation sites is 1. The maximum absolute atomic E-state index is 14.3. The van der Waals surface area contributed by atoms with Crippen LogP contribution in [-0.2, 0) is 6.18 Å². The molecule has 7 heteroatoms. The molecule has 0 saturated carbocycles. The zero-order chi connectivity index (χ0) is 24.4. The molecular formula is C28H17F3N4. The highest BCUT2D eigenvalue weighted by Gasteiger charge is 2.40. The summed E-state index contributed by atoms with van der Waals surface area (Å²) in [5.41, 5.74) is 3.67. The van der Waals surface area contributed by atoms with Crippen LogP contribution in [0.2, 0.25) is 0 Å². The summed E-state index contributed by atoms with van der Waals surface area (Å²) in [6, 6.07) is 30.2. The molecule has 5 rings (SSSR count). The van der Waals surface area contributed by atoms with Crippen LogP contribution >= 0.6 is 0 Å². The SMILES string of the molecule is [C-]#[N+]c1cccc(-c2nnc(C(F)(F)F)n2-c2c(-c3ccccc3)cccc2-c2ccccc2)c1. The Bertz CT molecular complexity index is 1470. The maximum Gasteiger partial charge on any atom is 0.452 e. The number of rotatable bonds is 4. The molecular weight excluding hydrogens is 449 g/mol. The van der Waals surface area contributed by atoms with Crippen molar-refractivity contribution in [3.63, 3.8) is 0 Å². The first kappa shape index (κ1) is 22.1. The summed E-state index contributed by atoms with van der Waals surface area (Å²) < 4.78 is 44.0. The lowest BCUT2D eigenvalue weighted by Gasteiger charge is -2.20. The van der Waals surface area contributed by atoms with E-state index in [1.807, 2.05) is 66.7 Å². The quantitative estimate of drug-likeness (QED) is 0.253. The van der Waals surface area contributed by atoms with Crippen molar-refractivity contribution in [2.75, 3.05) is 0 Å². The topological polar surface area (TPSA) is 35.1 Å². The van der Waals surface area contributed by atoms with Gasteiger partial charge in [-0.05, 0) is 17.2 Å². The molecule has 4 nitrogen and oxygen atoms in total. The van der Waals surface area contributed by atoms with Gasteiger partial charge in [0.05, 0.1) is 12.3 Å². The van der Waals surface area contributed by atoms with Gasteiger partial charge < -0.3 is 0 Å². The van der Waals surface area contributed by atoms with Crippen molar-refractivity contribution in [2.45, 2.75) is 6.18 Å². The van der Waals surface area contributed by atoms with Gasteiger partial charge in [0.15, 0.2) is 11.5 Å². The Hall–Kier alpha value is -4.70. The zero-order valence-corrected chi connectivity index (χ0v) is 18.2. The summed E-state index contributed by atoms with van der Waals surface area (Å²) in [6.07, 6.45) is -4.76. The number of hydrogen-bond acceptors (Lipinski definition) is 2. The van der Waals surface area contributed by atoms with Crippen LogP contribution in [0.1, 0.15) is 5.82 Å². The van der Waals surface area contributed by atoms with E-state index >= 15 is 0 Å². The van der Waals surface area contributed by atoms with E-state index in [0.717, 1.165) is 15.7 Å². The minimum Gasteiger partial charge on any atom is -0.270 e. The zero-order valence-electron chi connectivity index (χ0n) is 18.2. The number of benzene rings is 4. The second-order valence-electron chi connectivity index (χ2n) is 7.78. The molecule has 0 saturated heterocycles. The Labute approximate surface area is 199 Å². The van der Waals surface area contributed by atoms with Crippen molar-refractivity contribution >= 4 is 5.69 Å². The second-order valence-corrected chi connectivity index (χ2v) is 7.78. The average molecular weight is 466 g/mol. The highest BCUT2D eigenvalue weighted by atomic mass is 19.4. The molecule has 35 heavy (non-hydrogen) atoms. The summed E-state index contributed by atoms with van der Waals surface area (Å²) in [6.45, 7) is 7.32. The van der Waals surface area contributed by atoms with E-state index in [-0.39, 0.29) is 5.82 Å². The average Bonchev–Trinajstić information content (AvgIpc) is 3.35. The highest BCUT2D eigenvalue weighted by molar-refractivity contribution is 5.86. The van der Waals surface area contributed by atoms with Gasteiger partial charge in [0.2, 0.25) is 5.82 Å². The predicted octanol–water partition coefficient (Wildman–Crippen LogP) is 7.84. The first-order chi connectivity index (χ1) is 17.0. The van der Waals surface area contributed by atoms with Crippen molar-refractivity contribution in [1.82, 2.24) is 14.8 Å². The van der Waals surface area contributed by atoms with Crippen LogP contribution in [0.15, 0.2) is 103 Å². The Kier molecular flexibility index (Phi) is 5.63. The molecule has 0 aliphatic heterocycles. The second kappa shape index (κ2) is 8.92. The Morgan fingerprint density at radius 3 is 1.74 bits per heavy atom. The van der Waals surface area contributed by atoms with E-state index in [4.69, 9.17) is 6.57 Å². The largest absolute Gasteiger partial charge is 0.452 e.